The van der Waals surface area contributed by atoms with Crippen molar-refractivity contribution in [2.24, 2.45) is 0 Å². The normalized spacial score (nSPS) is 11.9. The predicted molar refractivity (Wildman–Crippen MR) is 174 cm³/mol. The number of hydrogen-bond donors (Lipinski definition) is 1. The molecule has 1 amide bonds. The van der Waals surface area contributed by atoms with Crippen LogP contribution in [0.15, 0.2) is 23.4 Å². The molecule has 0 spiro atoms. The summed E-state index contributed by atoms with van der Waals surface area (Å²) in [6.07, 6.45) is 31.1. The number of hydrogen-bond acceptors (Lipinski definition) is 2. The first-order valence-corrected chi connectivity index (χ1v) is 17.3. The molecule has 0 aliphatic carbocycles. The Balaban J connectivity index is 4.49. The van der Waals surface area contributed by atoms with Crippen molar-refractivity contribution in [2.45, 2.75) is 188 Å². The molecular weight excluding hydrogens is 494 g/mol. The number of nitrogens with zero attached hydrogens (tertiary/aromatic N) is 1. The predicted octanol–water partition coefficient (Wildman–Crippen LogP) is 11.5. The molecule has 1 N–H and O–H groups in total. The van der Waals surface area contributed by atoms with Gasteiger partial charge in [-0.15, -0.1) is 0 Å². The van der Waals surface area contributed by atoms with Crippen LogP contribution in [-0.4, -0.2) is 28.4 Å². The molecule has 0 saturated carbocycles. The number of carboxylic acid groups (broad SMARTS) is 1. The molecule has 0 saturated heterocycles. The molecular formula is C36H67NO3. The molecule has 0 aliphatic rings. The Labute approximate surface area is 249 Å². The van der Waals surface area contributed by atoms with E-state index in [9.17, 15) is 14.7 Å². The van der Waals surface area contributed by atoms with Crippen LogP contribution in [0.2, 0.25) is 0 Å². The van der Waals surface area contributed by atoms with Crippen LogP contribution in [0.5, 0.6) is 0 Å². The molecule has 0 fully saturated rings. The van der Waals surface area contributed by atoms with Crippen LogP contribution >= 0.6 is 0 Å². The van der Waals surface area contributed by atoms with Gasteiger partial charge in [0.1, 0.15) is 0 Å². The lowest BCUT2D eigenvalue weighted by Gasteiger charge is -2.27. The Morgan fingerprint density at radius 1 is 0.550 bits per heavy atom. The van der Waals surface area contributed by atoms with E-state index in [0.717, 1.165) is 25.7 Å². The number of allylic oxidation sites excluding steroid dienone is 1. The third kappa shape index (κ3) is 21.2. The molecule has 0 aromatic carbocycles. The maximum atomic E-state index is 13.1. The zero-order valence-corrected chi connectivity index (χ0v) is 27.3. The summed E-state index contributed by atoms with van der Waals surface area (Å²) < 4.78 is 0. The molecule has 40 heavy (non-hydrogen) atoms. The fourth-order valence-electron chi connectivity index (χ4n) is 5.48. The quantitative estimate of drug-likeness (QED) is 0.0729. The maximum absolute atomic E-state index is 13.1. The minimum Gasteiger partial charge on any atom is -0.478 e. The number of unbranched alkanes of at least 4 members (excludes halogenated alkanes) is 22. The Morgan fingerprint density at radius 3 is 1.20 bits per heavy atom. The average molecular weight is 562 g/mol. The topological polar surface area (TPSA) is 57.6 Å². The lowest BCUT2D eigenvalue weighted by atomic mass is 10.0. The van der Waals surface area contributed by atoms with E-state index < -0.39 is 5.97 Å². The van der Waals surface area contributed by atoms with E-state index in [-0.39, 0.29) is 5.91 Å². The number of carbonyl (C=O) groups is 2. The number of aliphatic carboxylic acids is 1. The fraction of sp³-hybridized carbons (Fsp3) is 0.833. The van der Waals surface area contributed by atoms with Crippen molar-refractivity contribution in [3.05, 3.63) is 23.4 Å². The molecule has 4 nitrogen and oxygen atoms in total. The van der Waals surface area contributed by atoms with E-state index in [2.05, 4.69) is 20.4 Å². The molecule has 0 aromatic heterocycles. The van der Waals surface area contributed by atoms with Crippen molar-refractivity contribution in [3.63, 3.8) is 0 Å². The van der Waals surface area contributed by atoms with E-state index in [1.807, 2.05) is 0 Å². The van der Waals surface area contributed by atoms with Gasteiger partial charge in [-0.25, -0.2) is 4.79 Å². The van der Waals surface area contributed by atoms with Gasteiger partial charge in [-0.1, -0.05) is 162 Å². The molecule has 0 aliphatic heterocycles. The summed E-state index contributed by atoms with van der Waals surface area (Å²) in [4.78, 5) is 26.7. The second-order valence-electron chi connectivity index (χ2n) is 12.1. The highest BCUT2D eigenvalue weighted by molar-refractivity contribution is 5.95. The zero-order valence-electron chi connectivity index (χ0n) is 27.3. The van der Waals surface area contributed by atoms with Crippen LogP contribution in [-0.2, 0) is 9.59 Å². The Kier molecular flexibility index (Phi) is 26.5. The number of amides is 1. The fourth-order valence-corrected chi connectivity index (χ4v) is 5.48. The van der Waals surface area contributed by atoms with Crippen LogP contribution < -0.4 is 0 Å². The lowest BCUT2D eigenvalue weighted by Crippen LogP contribution is -2.33. The van der Waals surface area contributed by atoms with Gasteiger partial charge < -0.3 is 10.0 Å². The van der Waals surface area contributed by atoms with E-state index >= 15 is 0 Å². The molecule has 0 bridgehead atoms. The van der Waals surface area contributed by atoms with Crippen LogP contribution in [0, 0.1) is 0 Å². The van der Waals surface area contributed by atoms with Gasteiger partial charge in [0.15, 0.2) is 0 Å². The van der Waals surface area contributed by atoms with Gasteiger partial charge in [0.05, 0.1) is 5.57 Å². The second kappa shape index (κ2) is 27.6. The van der Waals surface area contributed by atoms with Crippen LogP contribution in [0.25, 0.3) is 0 Å². The zero-order chi connectivity index (χ0) is 29.8. The van der Waals surface area contributed by atoms with Gasteiger partial charge in [-0.05, 0) is 33.1 Å². The van der Waals surface area contributed by atoms with Gasteiger partial charge in [-0.3, -0.25) is 4.79 Å². The molecule has 0 rings (SSSR count). The van der Waals surface area contributed by atoms with E-state index in [1.54, 1.807) is 18.7 Å². The van der Waals surface area contributed by atoms with Gasteiger partial charge in [0, 0.05) is 17.8 Å². The van der Waals surface area contributed by atoms with Crippen molar-refractivity contribution in [1.29, 1.82) is 0 Å². The molecule has 0 aromatic rings. The van der Waals surface area contributed by atoms with Crippen LogP contribution in [0.4, 0.5) is 0 Å². The van der Waals surface area contributed by atoms with Crippen molar-refractivity contribution >= 4 is 11.9 Å². The summed E-state index contributed by atoms with van der Waals surface area (Å²) in [5.74, 6) is -1.05. The van der Waals surface area contributed by atoms with Crippen molar-refractivity contribution in [3.8, 4) is 0 Å². The summed E-state index contributed by atoms with van der Waals surface area (Å²) in [6, 6.07) is 0. The first-order valence-electron chi connectivity index (χ1n) is 17.3. The third-order valence-electron chi connectivity index (χ3n) is 8.19. The maximum Gasteiger partial charge on any atom is 0.333 e. The molecule has 0 unspecified atom stereocenters. The summed E-state index contributed by atoms with van der Waals surface area (Å²) in [5, 5.41) is 9.77. The average Bonchev–Trinajstić information content (AvgIpc) is 2.93. The van der Waals surface area contributed by atoms with Crippen molar-refractivity contribution in [1.82, 2.24) is 4.90 Å². The molecule has 0 radical (unpaired) electrons. The summed E-state index contributed by atoms with van der Waals surface area (Å²) in [6.45, 7) is 12.4. The van der Waals surface area contributed by atoms with Gasteiger partial charge in [0.2, 0.25) is 0 Å². The highest BCUT2D eigenvalue weighted by atomic mass is 16.4. The summed E-state index contributed by atoms with van der Waals surface area (Å²) in [7, 11) is 0. The molecule has 234 valence electrons. The first kappa shape index (κ1) is 38.4. The Morgan fingerprint density at radius 2 is 0.875 bits per heavy atom. The number of carboxylic acids is 1. The third-order valence-corrected chi connectivity index (χ3v) is 8.19. The van der Waals surface area contributed by atoms with Crippen LogP contribution in [0.3, 0.4) is 0 Å². The van der Waals surface area contributed by atoms with Gasteiger partial charge in [0.25, 0.3) is 5.91 Å². The summed E-state index contributed by atoms with van der Waals surface area (Å²) >= 11 is 0. The molecule has 4 heteroatoms. The minimum atomic E-state index is -0.928. The number of rotatable bonds is 29. The van der Waals surface area contributed by atoms with E-state index in [1.165, 1.54) is 128 Å². The minimum absolute atomic E-state index is 0.127. The lowest BCUT2D eigenvalue weighted by molar-refractivity contribution is -0.132. The van der Waals surface area contributed by atoms with E-state index in [4.69, 9.17) is 0 Å². The molecule has 0 heterocycles. The second-order valence-corrected chi connectivity index (χ2v) is 12.1. The number of carbonyl (C=O) groups excluding carboxylic acids is 1. The highest BCUT2D eigenvalue weighted by Gasteiger charge is 2.22. The van der Waals surface area contributed by atoms with Gasteiger partial charge >= 0.3 is 5.97 Å². The first-order chi connectivity index (χ1) is 19.4. The molecule has 0 atom stereocenters. The Bertz CT molecular complexity index is 682. The smallest absolute Gasteiger partial charge is 0.333 e. The van der Waals surface area contributed by atoms with E-state index in [0.29, 0.717) is 29.8 Å². The monoisotopic (exact) mass is 562 g/mol. The Hall–Kier alpha value is -1.58. The summed E-state index contributed by atoms with van der Waals surface area (Å²) in [5.41, 5.74) is 1.47. The highest BCUT2D eigenvalue weighted by Crippen LogP contribution is 2.23. The largest absolute Gasteiger partial charge is 0.478 e. The van der Waals surface area contributed by atoms with Crippen LogP contribution in [0.1, 0.15) is 188 Å². The van der Waals surface area contributed by atoms with Gasteiger partial charge in [-0.2, -0.15) is 0 Å². The van der Waals surface area contributed by atoms with Crippen molar-refractivity contribution in [2.75, 3.05) is 6.54 Å². The van der Waals surface area contributed by atoms with Crippen molar-refractivity contribution < 1.29 is 14.7 Å². The SMILES string of the molecule is C=C(C)C(=O)N(CCCCCCCCCCCCCC)C(CCCCCCCCCCCCCC)=C(C)C(=O)O. The standard InChI is InChI=1S/C36H67NO3/c1-6-8-10-12-14-16-18-20-22-24-26-28-30-34(33(5)36(39)40)37(35(38)32(3)4)31-29-27-25-23-21-19-17-15-13-11-9-7-2/h3,6-31H2,1-2,4-5H3,(H,39,40).